The summed E-state index contributed by atoms with van der Waals surface area (Å²) in [6.07, 6.45) is 4.98. The first kappa shape index (κ1) is 19.8. The first-order valence-electron chi connectivity index (χ1n) is 10.4. The van der Waals surface area contributed by atoms with E-state index in [1.807, 2.05) is 43.3 Å². The second-order valence-corrected chi connectivity index (χ2v) is 7.25. The van der Waals surface area contributed by atoms with Crippen LogP contribution < -0.4 is 9.47 Å². The zero-order valence-electron chi connectivity index (χ0n) is 17.3. The van der Waals surface area contributed by atoms with Crippen LogP contribution in [0.15, 0.2) is 97.1 Å². The minimum atomic E-state index is 0.515. The van der Waals surface area contributed by atoms with Crippen molar-refractivity contribution in [3.05, 3.63) is 114 Å². The molecule has 4 rings (SSSR count). The molecule has 0 heterocycles. The average molecular weight is 395 g/mol. The maximum atomic E-state index is 6.19. The summed E-state index contributed by atoms with van der Waals surface area (Å²) in [5.41, 5.74) is 3.46. The molecule has 30 heavy (non-hydrogen) atoms. The van der Waals surface area contributed by atoms with E-state index in [0.717, 1.165) is 29.0 Å². The van der Waals surface area contributed by atoms with Gasteiger partial charge in [0.2, 0.25) is 0 Å². The van der Waals surface area contributed by atoms with Crippen molar-refractivity contribution in [3.63, 3.8) is 0 Å². The van der Waals surface area contributed by atoms with E-state index in [1.54, 1.807) is 0 Å². The molecule has 0 N–H and O–H groups in total. The van der Waals surface area contributed by atoms with Gasteiger partial charge in [-0.25, -0.2) is 0 Å². The second-order valence-electron chi connectivity index (χ2n) is 7.25. The number of hydrogen-bond donors (Lipinski definition) is 0. The van der Waals surface area contributed by atoms with Crippen LogP contribution in [0.2, 0.25) is 0 Å². The first-order valence-corrected chi connectivity index (χ1v) is 10.4. The summed E-state index contributed by atoms with van der Waals surface area (Å²) in [6, 6.07) is 31.2. The van der Waals surface area contributed by atoms with Crippen LogP contribution in [-0.4, -0.2) is 6.61 Å². The van der Waals surface area contributed by atoms with Crippen molar-refractivity contribution in [1.29, 1.82) is 0 Å². The van der Waals surface area contributed by atoms with Crippen LogP contribution in [0.25, 0.3) is 16.8 Å². The van der Waals surface area contributed by atoms with Crippen molar-refractivity contribution < 1.29 is 9.47 Å². The van der Waals surface area contributed by atoms with Gasteiger partial charge in [0.05, 0.1) is 6.61 Å². The standard InChI is InChI=1S/C28H26O2/c1-2-8-25-16-14-23(21-30-27-11-4-3-5-12-27)20-28(25)29-18-17-22-13-15-24-9-6-7-10-26(24)19-22/h2-16,19-20H,17-18,21H2,1H3/b8-2+. The van der Waals surface area contributed by atoms with Gasteiger partial charge in [-0.15, -0.1) is 0 Å². The Morgan fingerprint density at radius 3 is 2.30 bits per heavy atom. The van der Waals surface area contributed by atoms with Crippen molar-refractivity contribution in [3.8, 4) is 11.5 Å². The van der Waals surface area contributed by atoms with E-state index >= 15 is 0 Å². The summed E-state index contributed by atoms with van der Waals surface area (Å²) >= 11 is 0. The second kappa shape index (κ2) is 9.80. The molecule has 0 aliphatic carbocycles. The summed E-state index contributed by atoms with van der Waals surface area (Å²) in [4.78, 5) is 0. The topological polar surface area (TPSA) is 18.5 Å². The van der Waals surface area contributed by atoms with Gasteiger partial charge in [-0.05, 0) is 47.0 Å². The van der Waals surface area contributed by atoms with Gasteiger partial charge in [0.15, 0.2) is 0 Å². The van der Waals surface area contributed by atoms with Crippen molar-refractivity contribution in [2.24, 2.45) is 0 Å². The highest BCUT2D eigenvalue weighted by Crippen LogP contribution is 2.24. The summed E-state index contributed by atoms with van der Waals surface area (Å²) in [7, 11) is 0. The number of ether oxygens (including phenoxy) is 2. The lowest BCUT2D eigenvalue weighted by Gasteiger charge is -2.13. The van der Waals surface area contributed by atoms with E-state index in [-0.39, 0.29) is 0 Å². The highest BCUT2D eigenvalue weighted by atomic mass is 16.5. The molecular formula is C28H26O2. The van der Waals surface area contributed by atoms with E-state index in [4.69, 9.17) is 9.47 Å². The third kappa shape index (κ3) is 5.09. The fourth-order valence-electron chi connectivity index (χ4n) is 3.47. The Hall–Kier alpha value is -3.52. The van der Waals surface area contributed by atoms with Gasteiger partial charge in [-0.3, -0.25) is 0 Å². The lowest BCUT2D eigenvalue weighted by atomic mass is 10.1. The molecule has 0 spiro atoms. The molecule has 150 valence electrons. The zero-order valence-corrected chi connectivity index (χ0v) is 17.3. The predicted octanol–water partition coefficient (Wildman–Crippen LogP) is 7.07. The van der Waals surface area contributed by atoms with Gasteiger partial charge in [0.25, 0.3) is 0 Å². The Labute approximate surface area is 178 Å². The van der Waals surface area contributed by atoms with Gasteiger partial charge in [0, 0.05) is 12.0 Å². The third-order valence-electron chi connectivity index (χ3n) is 5.04. The summed E-state index contributed by atoms with van der Waals surface area (Å²) in [5, 5.41) is 2.54. The molecule has 0 saturated heterocycles. The SMILES string of the molecule is C/C=C/c1ccc(COc2ccccc2)cc1OCCc1ccc2ccccc2c1. The van der Waals surface area contributed by atoms with Crippen molar-refractivity contribution in [2.45, 2.75) is 20.0 Å². The molecule has 2 heteroatoms. The molecule has 0 fully saturated rings. The number of fused-ring (bicyclic) bond motifs is 1. The van der Waals surface area contributed by atoms with Crippen LogP contribution in [0, 0.1) is 0 Å². The van der Waals surface area contributed by atoms with Gasteiger partial charge in [-0.2, -0.15) is 0 Å². The molecule has 0 saturated carbocycles. The quantitative estimate of drug-likeness (QED) is 0.318. The van der Waals surface area contributed by atoms with E-state index in [1.165, 1.54) is 16.3 Å². The van der Waals surface area contributed by atoms with Crippen LogP contribution in [0.4, 0.5) is 0 Å². The van der Waals surface area contributed by atoms with Crippen LogP contribution in [-0.2, 0) is 13.0 Å². The summed E-state index contributed by atoms with van der Waals surface area (Å²) in [6.45, 7) is 3.17. The molecule has 0 bridgehead atoms. The van der Waals surface area contributed by atoms with Crippen LogP contribution in [0.1, 0.15) is 23.6 Å². The molecule has 0 radical (unpaired) electrons. The number of rotatable bonds is 8. The van der Waals surface area contributed by atoms with Crippen LogP contribution in [0.3, 0.4) is 0 Å². The van der Waals surface area contributed by atoms with Crippen molar-refractivity contribution in [1.82, 2.24) is 0 Å². The highest BCUT2D eigenvalue weighted by Gasteiger charge is 2.05. The van der Waals surface area contributed by atoms with Crippen LogP contribution >= 0.6 is 0 Å². The maximum Gasteiger partial charge on any atom is 0.126 e. The first-order chi connectivity index (χ1) is 14.8. The number of allylic oxidation sites excluding steroid dienone is 1. The van der Waals surface area contributed by atoms with E-state index in [0.29, 0.717) is 13.2 Å². The van der Waals surface area contributed by atoms with Gasteiger partial charge in [-0.1, -0.05) is 84.9 Å². The zero-order chi connectivity index (χ0) is 20.6. The van der Waals surface area contributed by atoms with E-state index in [9.17, 15) is 0 Å². The molecule has 0 aromatic heterocycles. The Morgan fingerprint density at radius 1 is 0.700 bits per heavy atom. The fraction of sp³-hybridized carbons (Fsp3) is 0.143. The molecule has 0 unspecified atom stereocenters. The predicted molar refractivity (Wildman–Crippen MR) is 125 cm³/mol. The molecule has 4 aromatic rings. The van der Waals surface area contributed by atoms with Gasteiger partial charge in [0.1, 0.15) is 18.1 Å². The van der Waals surface area contributed by atoms with Crippen molar-refractivity contribution in [2.75, 3.05) is 6.61 Å². The molecule has 0 amide bonds. The number of hydrogen-bond acceptors (Lipinski definition) is 2. The Balaban J connectivity index is 1.43. The lowest BCUT2D eigenvalue weighted by molar-refractivity contribution is 0.301. The monoisotopic (exact) mass is 394 g/mol. The largest absolute Gasteiger partial charge is 0.493 e. The molecule has 4 aromatic carbocycles. The number of para-hydroxylation sites is 1. The summed E-state index contributed by atoms with van der Waals surface area (Å²) < 4.78 is 12.1. The molecular weight excluding hydrogens is 368 g/mol. The Bertz CT molecular complexity index is 1130. The normalized spacial score (nSPS) is 11.1. The Morgan fingerprint density at radius 2 is 1.47 bits per heavy atom. The maximum absolute atomic E-state index is 6.19. The molecule has 0 aliphatic heterocycles. The molecule has 0 atom stereocenters. The highest BCUT2D eigenvalue weighted by molar-refractivity contribution is 5.83. The number of benzene rings is 4. The van der Waals surface area contributed by atoms with Gasteiger partial charge < -0.3 is 9.47 Å². The lowest BCUT2D eigenvalue weighted by Crippen LogP contribution is -2.04. The fourth-order valence-corrected chi connectivity index (χ4v) is 3.47. The summed E-state index contributed by atoms with van der Waals surface area (Å²) in [5.74, 6) is 1.76. The third-order valence-corrected chi connectivity index (χ3v) is 5.04. The minimum Gasteiger partial charge on any atom is -0.493 e. The van der Waals surface area contributed by atoms with Crippen molar-refractivity contribution >= 4 is 16.8 Å². The Kier molecular flexibility index (Phi) is 6.46. The van der Waals surface area contributed by atoms with Gasteiger partial charge >= 0.3 is 0 Å². The minimum absolute atomic E-state index is 0.515. The van der Waals surface area contributed by atoms with E-state index < -0.39 is 0 Å². The smallest absolute Gasteiger partial charge is 0.126 e. The molecule has 2 nitrogen and oxygen atoms in total. The average Bonchev–Trinajstić information content (AvgIpc) is 2.80. The van der Waals surface area contributed by atoms with E-state index in [2.05, 4.69) is 66.7 Å². The molecule has 0 aliphatic rings. The van der Waals surface area contributed by atoms with Crippen LogP contribution in [0.5, 0.6) is 11.5 Å².